The predicted octanol–water partition coefficient (Wildman–Crippen LogP) is 1.67. The second-order valence-corrected chi connectivity index (χ2v) is 3.67. The van der Waals surface area contributed by atoms with Gasteiger partial charge in [-0.15, -0.1) is 0 Å². The van der Waals surface area contributed by atoms with Gasteiger partial charge in [0.15, 0.2) is 0 Å². The van der Waals surface area contributed by atoms with E-state index in [4.69, 9.17) is 9.15 Å². The Kier molecular flexibility index (Phi) is 5.69. The average molecular weight is 240 g/mol. The fraction of sp³-hybridized carbons (Fsp3) is 0.667. The Morgan fingerprint density at radius 3 is 2.82 bits per heavy atom. The van der Waals surface area contributed by atoms with E-state index in [1.54, 1.807) is 13.1 Å². The van der Waals surface area contributed by atoms with Crippen LogP contribution in [0.3, 0.4) is 0 Å². The summed E-state index contributed by atoms with van der Waals surface area (Å²) in [6.07, 6.45) is 3.21. The maximum atomic E-state index is 11.5. The molecule has 0 saturated heterocycles. The Morgan fingerprint density at radius 2 is 2.29 bits per heavy atom. The quantitative estimate of drug-likeness (QED) is 0.734. The third-order valence-corrected chi connectivity index (χ3v) is 2.43. The van der Waals surface area contributed by atoms with Crippen molar-refractivity contribution >= 4 is 5.97 Å². The Labute approximate surface area is 102 Å². The molecule has 5 heteroatoms. The summed E-state index contributed by atoms with van der Waals surface area (Å²) in [5.74, 6) is 1.23. The molecule has 17 heavy (non-hydrogen) atoms. The van der Waals surface area contributed by atoms with Gasteiger partial charge in [-0.2, -0.15) is 0 Å². The van der Waals surface area contributed by atoms with Crippen LogP contribution in [0.1, 0.15) is 38.8 Å². The highest BCUT2D eigenvalue weighted by molar-refractivity contribution is 5.75. The normalized spacial score (nSPS) is 12.4. The summed E-state index contributed by atoms with van der Waals surface area (Å²) in [6.45, 7) is 6.58. The zero-order chi connectivity index (χ0) is 12.7. The number of nitrogens with one attached hydrogen (secondary N) is 1. The maximum Gasteiger partial charge on any atom is 0.323 e. The molecule has 5 nitrogen and oxygen atoms in total. The van der Waals surface area contributed by atoms with E-state index in [1.807, 2.05) is 13.8 Å². The monoisotopic (exact) mass is 240 g/mol. The molecular formula is C12H20N2O3. The average Bonchev–Trinajstić information content (AvgIpc) is 2.78. The minimum Gasteiger partial charge on any atom is -0.465 e. The van der Waals surface area contributed by atoms with Crippen molar-refractivity contribution in [1.82, 2.24) is 10.3 Å². The van der Waals surface area contributed by atoms with Crippen molar-refractivity contribution in [3.05, 3.63) is 17.8 Å². The molecule has 0 spiro atoms. The number of rotatable bonds is 7. The smallest absolute Gasteiger partial charge is 0.323 e. The van der Waals surface area contributed by atoms with Crippen LogP contribution in [0.2, 0.25) is 0 Å². The number of aromatic nitrogens is 1. The lowest BCUT2D eigenvalue weighted by atomic mass is 10.2. The van der Waals surface area contributed by atoms with Crippen LogP contribution < -0.4 is 5.32 Å². The number of esters is 1. The molecule has 0 saturated carbocycles. The van der Waals surface area contributed by atoms with Crippen LogP contribution in [0.4, 0.5) is 0 Å². The van der Waals surface area contributed by atoms with Crippen molar-refractivity contribution < 1.29 is 13.9 Å². The second-order valence-electron chi connectivity index (χ2n) is 3.67. The Morgan fingerprint density at radius 1 is 1.53 bits per heavy atom. The molecule has 0 amide bonds. The summed E-state index contributed by atoms with van der Waals surface area (Å²) in [5.41, 5.74) is 0. The Bertz CT molecular complexity index is 349. The molecular weight excluding hydrogens is 220 g/mol. The van der Waals surface area contributed by atoms with Crippen LogP contribution in [0.25, 0.3) is 0 Å². The molecule has 1 unspecified atom stereocenters. The molecule has 0 aromatic carbocycles. The van der Waals surface area contributed by atoms with Crippen molar-refractivity contribution in [1.29, 1.82) is 0 Å². The molecule has 0 bridgehead atoms. The minimum absolute atomic E-state index is 0.225. The molecule has 96 valence electrons. The predicted molar refractivity (Wildman–Crippen MR) is 63.4 cm³/mol. The van der Waals surface area contributed by atoms with Gasteiger partial charge in [-0.05, 0) is 13.3 Å². The molecule has 1 rings (SSSR count). The summed E-state index contributed by atoms with van der Waals surface area (Å²) in [7, 11) is 0. The van der Waals surface area contributed by atoms with E-state index in [2.05, 4.69) is 10.3 Å². The largest absolute Gasteiger partial charge is 0.465 e. The summed E-state index contributed by atoms with van der Waals surface area (Å²) >= 11 is 0. The highest BCUT2D eigenvalue weighted by Crippen LogP contribution is 2.05. The Hall–Kier alpha value is -1.36. The molecule has 0 aliphatic carbocycles. The van der Waals surface area contributed by atoms with Crippen LogP contribution in [0.5, 0.6) is 0 Å². The van der Waals surface area contributed by atoms with E-state index >= 15 is 0 Å². The number of nitrogens with zero attached hydrogens (tertiary/aromatic N) is 1. The summed E-state index contributed by atoms with van der Waals surface area (Å²) in [6, 6.07) is -0.299. The van der Waals surface area contributed by atoms with Crippen molar-refractivity contribution in [3.8, 4) is 0 Å². The first kappa shape index (κ1) is 13.7. The van der Waals surface area contributed by atoms with Crippen molar-refractivity contribution in [2.75, 3.05) is 6.61 Å². The number of oxazole rings is 1. The van der Waals surface area contributed by atoms with Crippen LogP contribution in [-0.4, -0.2) is 23.6 Å². The van der Waals surface area contributed by atoms with E-state index in [0.29, 0.717) is 25.5 Å². The molecule has 1 aromatic heterocycles. The van der Waals surface area contributed by atoms with Gasteiger partial charge in [0, 0.05) is 6.42 Å². The number of carbonyl (C=O) groups is 1. The van der Waals surface area contributed by atoms with Crippen LogP contribution >= 0.6 is 0 Å². The van der Waals surface area contributed by atoms with Gasteiger partial charge in [0.25, 0.3) is 0 Å². The zero-order valence-electron chi connectivity index (χ0n) is 10.7. The molecule has 0 radical (unpaired) electrons. The van der Waals surface area contributed by atoms with Gasteiger partial charge >= 0.3 is 5.97 Å². The topological polar surface area (TPSA) is 64.4 Å². The van der Waals surface area contributed by atoms with Crippen LogP contribution in [-0.2, 0) is 22.5 Å². The fourth-order valence-electron chi connectivity index (χ4n) is 1.44. The molecule has 0 aliphatic heterocycles. The summed E-state index contributed by atoms with van der Waals surface area (Å²) in [5, 5.41) is 3.08. The van der Waals surface area contributed by atoms with Crippen molar-refractivity contribution in [2.45, 2.75) is 46.2 Å². The van der Waals surface area contributed by atoms with E-state index in [-0.39, 0.29) is 12.0 Å². The minimum atomic E-state index is -0.299. The van der Waals surface area contributed by atoms with Crippen LogP contribution in [0, 0.1) is 0 Å². The first-order valence-corrected chi connectivity index (χ1v) is 6.04. The van der Waals surface area contributed by atoms with Gasteiger partial charge in [0.2, 0.25) is 5.89 Å². The fourth-order valence-corrected chi connectivity index (χ4v) is 1.44. The highest BCUT2D eigenvalue weighted by Gasteiger charge is 2.17. The summed E-state index contributed by atoms with van der Waals surface area (Å²) in [4.78, 5) is 15.6. The highest BCUT2D eigenvalue weighted by atomic mass is 16.5. The van der Waals surface area contributed by atoms with Gasteiger partial charge in [-0.3, -0.25) is 10.1 Å². The molecule has 1 aromatic rings. The lowest BCUT2D eigenvalue weighted by molar-refractivity contribution is -0.145. The second kappa shape index (κ2) is 7.06. The van der Waals surface area contributed by atoms with Gasteiger partial charge < -0.3 is 9.15 Å². The van der Waals surface area contributed by atoms with E-state index in [0.717, 1.165) is 12.2 Å². The lowest BCUT2D eigenvalue weighted by Crippen LogP contribution is -2.37. The van der Waals surface area contributed by atoms with E-state index in [9.17, 15) is 4.79 Å². The standard InChI is InChI=1S/C12H20N2O3/c1-4-9-7-14-11(17-9)8-13-10(5-2)12(15)16-6-3/h7,10,13H,4-6,8H2,1-3H3. The first-order valence-electron chi connectivity index (χ1n) is 6.04. The van der Waals surface area contributed by atoms with Gasteiger partial charge in [0.05, 0.1) is 19.3 Å². The molecule has 1 atom stereocenters. The van der Waals surface area contributed by atoms with Gasteiger partial charge in [-0.25, -0.2) is 4.98 Å². The van der Waals surface area contributed by atoms with E-state index in [1.165, 1.54) is 0 Å². The third kappa shape index (κ3) is 4.19. The number of ether oxygens (including phenoxy) is 1. The number of hydrogen-bond acceptors (Lipinski definition) is 5. The van der Waals surface area contributed by atoms with Crippen molar-refractivity contribution in [2.24, 2.45) is 0 Å². The number of hydrogen-bond donors (Lipinski definition) is 1. The third-order valence-electron chi connectivity index (χ3n) is 2.43. The SMILES string of the molecule is CCOC(=O)C(CC)NCc1ncc(CC)o1. The molecule has 0 fully saturated rings. The van der Waals surface area contributed by atoms with Crippen LogP contribution in [0.15, 0.2) is 10.6 Å². The maximum absolute atomic E-state index is 11.5. The molecule has 0 aliphatic rings. The number of carbonyl (C=O) groups excluding carboxylic acids is 1. The molecule has 1 heterocycles. The van der Waals surface area contributed by atoms with Gasteiger partial charge in [0.1, 0.15) is 11.8 Å². The van der Waals surface area contributed by atoms with Crippen molar-refractivity contribution in [3.63, 3.8) is 0 Å². The number of aryl methyl sites for hydroxylation is 1. The Balaban J connectivity index is 2.44. The molecule has 1 N–H and O–H groups in total. The lowest BCUT2D eigenvalue weighted by Gasteiger charge is -2.13. The summed E-state index contributed by atoms with van der Waals surface area (Å²) < 4.78 is 10.4. The van der Waals surface area contributed by atoms with Gasteiger partial charge in [-0.1, -0.05) is 13.8 Å². The first-order chi connectivity index (χ1) is 8.21. The zero-order valence-corrected chi connectivity index (χ0v) is 10.7. The van der Waals surface area contributed by atoms with E-state index < -0.39 is 0 Å².